The number of Topliss-reactive ketones (excluding diaryl/α,β-unsaturated/α-hetero) is 1. The van der Waals surface area contributed by atoms with Gasteiger partial charge in [-0.1, -0.05) is 27.7 Å². The summed E-state index contributed by atoms with van der Waals surface area (Å²) in [5.74, 6) is 0.699. The van der Waals surface area contributed by atoms with Crippen molar-refractivity contribution in [1.29, 1.82) is 0 Å². The molecule has 4 heterocycles. The standard InChI is InChI=1S/C50H84O22/c1-20(18-65-45-41(63)37(59)36(58)31(16-51)69-45)6-9-28(53)21(2)33-29(54)15-27-25-8-7-23-14-24(10-12-49(23,4)26(25)11-13-50(27,33)5)68-47-42(64)39(61)43(32(17-52)70-47)71-48-44(38(60)34(56)22(3)67-48)72-46-40(62)35(57)30(55)19-66-46/h20-27,29-48,51-52,54-64H,6-19H2,1-5H3/t20?,21-,22+,23+,24+,25-,26+,27+,29-,30-,31-,32-,33+,34+,35+,36-,37+,38-,39-,40-,41-,42-,43-,44-,45-,46+,47-,48+,49+,50+/m1/s1. The van der Waals surface area contributed by atoms with Crippen molar-refractivity contribution in [3.05, 3.63) is 0 Å². The van der Waals surface area contributed by atoms with Gasteiger partial charge in [0, 0.05) is 12.3 Å². The van der Waals surface area contributed by atoms with Crippen molar-refractivity contribution in [3.8, 4) is 0 Å². The molecule has 0 amide bonds. The number of aliphatic hydroxyl groups excluding tert-OH is 13. The second kappa shape index (κ2) is 23.0. The van der Waals surface area contributed by atoms with E-state index in [1.54, 1.807) is 0 Å². The Kier molecular flexibility index (Phi) is 18.2. The second-order valence-corrected chi connectivity index (χ2v) is 23.3. The number of ketones is 1. The molecule has 4 saturated heterocycles. The van der Waals surface area contributed by atoms with Gasteiger partial charge in [0.2, 0.25) is 0 Å². The number of hydrogen-bond acceptors (Lipinski definition) is 22. The largest absolute Gasteiger partial charge is 0.394 e. The van der Waals surface area contributed by atoms with E-state index in [1.807, 2.05) is 13.8 Å². The van der Waals surface area contributed by atoms with Crippen LogP contribution in [0.5, 0.6) is 0 Å². The lowest BCUT2D eigenvalue weighted by Crippen LogP contribution is -2.66. The van der Waals surface area contributed by atoms with E-state index < -0.39 is 143 Å². The maximum Gasteiger partial charge on any atom is 0.187 e. The zero-order valence-corrected chi connectivity index (χ0v) is 42.1. The third-order valence-corrected chi connectivity index (χ3v) is 19.0. The highest BCUT2D eigenvalue weighted by atomic mass is 16.8. The summed E-state index contributed by atoms with van der Waals surface area (Å²) in [5, 5.41) is 138. The Bertz CT molecular complexity index is 1780. The smallest absolute Gasteiger partial charge is 0.187 e. The molecule has 0 radical (unpaired) electrons. The Hall–Kier alpha value is -1.17. The van der Waals surface area contributed by atoms with Crippen molar-refractivity contribution in [3.63, 3.8) is 0 Å². The summed E-state index contributed by atoms with van der Waals surface area (Å²) in [5.41, 5.74) is -0.251. The van der Waals surface area contributed by atoms with Crippen molar-refractivity contribution < 1.29 is 109 Å². The monoisotopic (exact) mass is 1040 g/mol. The number of ether oxygens (including phenoxy) is 8. The topological polar surface area (TPSA) is 354 Å². The molecule has 22 heteroatoms. The summed E-state index contributed by atoms with van der Waals surface area (Å²) < 4.78 is 46.7. The molecule has 72 heavy (non-hydrogen) atoms. The van der Waals surface area contributed by atoms with Gasteiger partial charge in [0.1, 0.15) is 91.2 Å². The Balaban J connectivity index is 0.839. The van der Waals surface area contributed by atoms with E-state index >= 15 is 0 Å². The molecule has 1 unspecified atom stereocenters. The van der Waals surface area contributed by atoms with E-state index in [1.165, 1.54) is 6.92 Å². The molecule has 8 fully saturated rings. The molecule has 416 valence electrons. The van der Waals surface area contributed by atoms with Gasteiger partial charge in [-0.25, -0.2) is 0 Å². The van der Waals surface area contributed by atoms with E-state index in [-0.39, 0.29) is 65.3 Å². The molecule has 4 saturated carbocycles. The molecule has 0 aromatic rings. The van der Waals surface area contributed by atoms with Crippen molar-refractivity contribution in [2.75, 3.05) is 26.4 Å². The maximum absolute atomic E-state index is 13.9. The average molecular weight is 1040 g/mol. The van der Waals surface area contributed by atoms with Gasteiger partial charge in [-0.3, -0.25) is 4.79 Å². The summed E-state index contributed by atoms with van der Waals surface area (Å²) in [6.45, 7) is 8.44. The minimum atomic E-state index is -1.75. The van der Waals surface area contributed by atoms with Crippen LogP contribution in [0.1, 0.15) is 98.8 Å². The summed E-state index contributed by atoms with van der Waals surface area (Å²) in [4.78, 5) is 13.9. The van der Waals surface area contributed by atoms with Gasteiger partial charge in [-0.2, -0.15) is 0 Å². The van der Waals surface area contributed by atoms with E-state index in [2.05, 4.69) is 13.8 Å². The molecule has 4 aliphatic carbocycles. The van der Waals surface area contributed by atoms with Crippen LogP contribution in [0.2, 0.25) is 0 Å². The molecule has 4 aliphatic heterocycles. The van der Waals surface area contributed by atoms with Crippen molar-refractivity contribution in [1.82, 2.24) is 0 Å². The van der Waals surface area contributed by atoms with Crippen LogP contribution in [0.15, 0.2) is 0 Å². The van der Waals surface area contributed by atoms with Gasteiger partial charge < -0.3 is 104 Å². The summed E-state index contributed by atoms with van der Waals surface area (Å²) in [6.07, 6.45) is -21.6. The molecular formula is C50H84O22. The van der Waals surface area contributed by atoms with E-state index in [0.717, 1.165) is 32.1 Å². The number of hydrogen-bond donors (Lipinski definition) is 13. The minimum absolute atomic E-state index is 0.0228. The molecule has 0 aromatic carbocycles. The molecular weight excluding hydrogens is 953 g/mol. The van der Waals surface area contributed by atoms with E-state index in [4.69, 9.17) is 37.9 Å². The second-order valence-electron chi connectivity index (χ2n) is 23.3. The molecule has 8 aliphatic rings. The first-order valence-corrected chi connectivity index (χ1v) is 26.4. The lowest BCUT2D eigenvalue weighted by molar-refractivity contribution is -0.383. The maximum atomic E-state index is 13.9. The van der Waals surface area contributed by atoms with Gasteiger partial charge in [-0.05, 0) is 111 Å². The Labute approximate surface area is 420 Å². The third kappa shape index (κ3) is 10.9. The fraction of sp³-hybridized carbons (Fsp3) is 0.980. The highest BCUT2D eigenvalue weighted by Gasteiger charge is 2.64. The van der Waals surface area contributed by atoms with E-state index in [9.17, 15) is 71.2 Å². The van der Waals surface area contributed by atoms with E-state index in [0.29, 0.717) is 37.5 Å². The molecule has 8 rings (SSSR count). The molecule has 30 atom stereocenters. The molecule has 0 bridgehead atoms. The number of aliphatic hydroxyl groups is 13. The number of rotatable bonds is 16. The summed E-state index contributed by atoms with van der Waals surface area (Å²) in [6, 6.07) is 0. The fourth-order valence-corrected chi connectivity index (χ4v) is 14.7. The Morgan fingerprint density at radius 1 is 0.611 bits per heavy atom. The van der Waals surface area contributed by atoms with Gasteiger partial charge in [0.15, 0.2) is 25.2 Å². The van der Waals surface area contributed by atoms with Crippen LogP contribution in [0.3, 0.4) is 0 Å². The molecule has 22 nitrogen and oxygen atoms in total. The first-order valence-electron chi connectivity index (χ1n) is 26.4. The van der Waals surface area contributed by atoms with Crippen LogP contribution in [-0.2, 0) is 42.7 Å². The van der Waals surface area contributed by atoms with Crippen LogP contribution in [-0.4, -0.2) is 228 Å². The van der Waals surface area contributed by atoms with Crippen molar-refractivity contribution in [2.24, 2.45) is 52.3 Å². The van der Waals surface area contributed by atoms with Crippen LogP contribution in [0.4, 0.5) is 0 Å². The average Bonchev–Trinajstić information content (AvgIpc) is 3.63. The summed E-state index contributed by atoms with van der Waals surface area (Å²) in [7, 11) is 0. The molecule has 0 aromatic heterocycles. The van der Waals surface area contributed by atoms with Crippen molar-refractivity contribution >= 4 is 5.78 Å². The third-order valence-electron chi connectivity index (χ3n) is 19.0. The van der Waals surface area contributed by atoms with Crippen molar-refractivity contribution in [2.45, 2.75) is 228 Å². The van der Waals surface area contributed by atoms with Gasteiger partial charge in [-0.15, -0.1) is 0 Å². The minimum Gasteiger partial charge on any atom is -0.394 e. The molecule has 0 spiro atoms. The normalized spacial score (nSPS) is 52.7. The Morgan fingerprint density at radius 3 is 1.96 bits per heavy atom. The lowest BCUT2D eigenvalue weighted by atomic mass is 9.44. The number of carbonyl (C=O) groups excluding carboxylic acids is 1. The van der Waals surface area contributed by atoms with Crippen LogP contribution in [0.25, 0.3) is 0 Å². The number of carbonyl (C=O) groups is 1. The molecule has 13 N–H and O–H groups in total. The zero-order valence-electron chi connectivity index (χ0n) is 42.1. The van der Waals surface area contributed by atoms with Gasteiger partial charge in [0.05, 0.1) is 44.7 Å². The van der Waals surface area contributed by atoms with Crippen LogP contribution in [0, 0.1) is 52.3 Å². The van der Waals surface area contributed by atoms with Gasteiger partial charge >= 0.3 is 0 Å². The highest BCUT2D eigenvalue weighted by Crippen LogP contribution is 2.68. The Morgan fingerprint density at radius 2 is 1.25 bits per heavy atom. The summed E-state index contributed by atoms with van der Waals surface area (Å²) >= 11 is 0. The van der Waals surface area contributed by atoms with Crippen LogP contribution >= 0.6 is 0 Å². The zero-order chi connectivity index (χ0) is 52.3. The van der Waals surface area contributed by atoms with Gasteiger partial charge in [0.25, 0.3) is 0 Å². The number of fused-ring (bicyclic) bond motifs is 5. The predicted octanol–water partition coefficient (Wildman–Crippen LogP) is -2.45. The lowest BCUT2D eigenvalue weighted by Gasteiger charge is -2.61. The SMILES string of the molecule is CC(CCC(=O)[C@@H](C)[C@H]1[C@H](O)C[C@H]2[C@@H]3CC[C@H]4C[C@@H](O[C@@H]5O[C@H](CO)[C@@H](O[C@@H]6O[C@@H](C)[C@H](O)[C@@H](O)[C@H]6O[C@@H]6OC[C@@H](O)[C@H](O)[C@H]6O)[C@H](O)[C@H]5O)CC[C@]4(C)[C@H]3CC[C@]12C)CO[C@@H]1O[C@H](CO)[C@@H](O)[C@H](O)[C@H]1O. The fourth-order valence-electron chi connectivity index (χ4n) is 14.7. The highest BCUT2D eigenvalue weighted by molar-refractivity contribution is 5.81. The first kappa shape index (κ1) is 57.0. The quantitative estimate of drug-likeness (QED) is 0.0714. The first-order chi connectivity index (χ1) is 34.0. The van der Waals surface area contributed by atoms with Crippen LogP contribution < -0.4 is 0 Å². The predicted molar refractivity (Wildman–Crippen MR) is 245 cm³/mol.